The second-order valence-corrected chi connectivity index (χ2v) is 8.58. The van der Waals surface area contributed by atoms with Crippen molar-refractivity contribution >= 4 is 34.5 Å². The number of carbonyl (C=O) groups is 2. The monoisotopic (exact) mass is 415 g/mol. The zero-order chi connectivity index (χ0) is 20.6. The number of nitrogens with zero attached hydrogens (tertiary/aromatic N) is 3. The molecule has 2 heterocycles. The molecule has 0 bridgehead atoms. The zero-order valence-corrected chi connectivity index (χ0v) is 17.7. The second kappa shape index (κ2) is 7.82. The minimum atomic E-state index is -0.301. The van der Waals surface area contributed by atoms with Crippen LogP contribution in [0.25, 0.3) is 10.9 Å². The van der Waals surface area contributed by atoms with E-state index in [0.717, 1.165) is 35.9 Å². The Bertz CT molecular complexity index is 950. The number of aromatic nitrogens is 1. The van der Waals surface area contributed by atoms with Crippen LogP contribution in [0.3, 0.4) is 0 Å². The highest BCUT2D eigenvalue weighted by Gasteiger charge is 2.40. The lowest BCUT2D eigenvalue weighted by atomic mass is 10.0. The van der Waals surface area contributed by atoms with Crippen LogP contribution in [0, 0.1) is 0 Å². The van der Waals surface area contributed by atoms with Gasteiger partial charge in [0, 0.05) is 48.2 Å². The summed E-state index contributed by atoms with van der Waals surface area (Å²) in [4.78, 5) is 33.2. The first-order valence-electron chi connectivity index (χ1n) is 10.2. The fourth-order valence-corrected chi connectivity index (χ4v) is 3.89. The Hall–Kier alpha value is -2.34. The van der Waals surface area contributed by atoms with E-state index in [-0.39, 0.29) is 17.4 Å². The smallest absolute Gasteiger partial charge is 0.409 e. The molecule has 7 heteroatoms. The largest absolute Gasteiger partial charge is 0.449 e. The molecule has 29 heavy (non-hydrogen) atoms. The van der Waals surface area contributed by atoms with Gasteiger partial charge in [-0.25, -0.2) is 4.79 Å². The topological polar surface area (TPSA) is 62.7 Å². The van der Waals surface area contributed by atoms with Crippen LogP contribution in [-0.4, -0.2) is 59.6 Å². The van der Waals surface area contributed by atoms with Gasteiger partial charge in [-0.3, -0.25) is 9.78 Å². The van der Waals surface area contributed by atoms with E-state index in [0.29, 0.717) is 43.4 Å². The molecule has 0 radical (unpaired) electrons. The molecular formula is C22H26ClN3O3. The molecule has 0 atom stereocenters. The van der Waals surface area contributed by atoms with E-state index in [2.05, 4.69) is 6.92 Å². The number of halogens is 1. The van der Waals surface area contributed by atoms with Crippen molar-refractivity contribution in [1.82, 2.24) is 14.8 Å². The summed E-state index contributed by atoms with van der Waals surface area (Å²) < 4.78 is 5.18. The highest BCUT2D eigenvalue weighted by atomic mass is 35.5. The number of fused-ring (bicyclic) bond motifs is 1. The number of amides is 2. The Morgan fingerprint density at radius 2 is 1.83 bits per heavy atom. The summed E-state index contributed by atoms with van der Waals surface area (Å²) in [5.41, 5.74) is 2.47. The van der Waals surface area contributed by atoms with Crippen LogP contribution in [0.1, 0.15) is 49.2 Å². The molecule has 1 aromatic heterocycles. The van der Waals surface area contributed by atoms with Gasteiger partial charge in [0.05, 0.1) is 17.1 Å². The molecule has 4 rings (SSSR count). The Labute approximate surface area is 175 Å². The Balaban J connectivity index is 1.48. The summed E-state index contributed by atoms with van der Waals surface area (Å²) in [5.74, 6) is -0.0468. The molecule has 1 aromatic carbocycles. The first-order valence-corrected chi connectivity index (χ1v) is 10.6. The number of hydrogen-bond acceptors (Lipinski definition) is 4. The standard InChI is InChI=1S/C22H26ClN3O3/c1-3-12-29-21(28)26-10-8-25(9-11-26)20(27)15-4-5-16-17(23)14-19(22(2)6-7-22)24-18(16)13-15/h4-5,13-14H,3,6-12H2,1-2H3. The van der Waals surface area contributed by atoms with Crippen molar-refractivity contribution in [2.24, 2.45) is 0 Å². The SMILES string of the molecule is CCCOC(=O)N1CCN(C(=O)c2ccc3c(Cl)cc(C4(C)CC4)nc3c2)CC1. The molecule has 2 aliphatic rings. The highest BCUT2D eigenvalue weighted by molar-refractivity contribution is 6.35. The highest BCUT2D eigenvalue weighted by Crippen LogP contribution is 2.47. The summed E-state index contributed by atoms with van der Waals surface area (Å²) in [6, 6.07) is 7.46. The molecule has 1 aliphatic carbocycles. The maximum Gasteiger partial charge on any atom is 0.409 e. The molecule has 1 saturated carbocycles. The number of ether oxygens (including phenoxy) is 1. The Morgan fingerprint density at radius 3 is 2.48 bits per heavy atom. The first kappa shape index (κ1) is 20.0. The number of rotatable bonds is 4. The lowest BCUT2D eigenvalue weighted by Crippen LogP contribution is -2.50. The maximum absolute atomic E-state index is 13.0. The van der Waals surface area contributed by atoms with Gasteiger partial charge in [0.25, 0.3) is 5.91 Å². The number of hydrogen-bond donors (Lipinski definition) is 0. The van der Waals surface area contributed by atoms with Crippen LogP contribution in [0.2, 0.25) is 5.02 Å². The van der Waals surface area contributed by atoms with E-state index in [1.54, 1.807) is 15.9 Å². The summed E-state index contributed by atoms with van der Waals surface area (Å²) in [5, 5.41) is 1.54. The molecule has 2 aromatic rings. The molecule has 154 valence electrons. The molecule has 6 nitrogen and oxygen atoms in total. The van der Waals surface area contributed by atoms with E-state index in [9.17, 15) is 9.59 Å². The third-order valence-corrected chi connectivity index (χ3v) is 6.19. The van der Waals surface area contributed by atoms with Gasteiger partial charge in [0.2, 0.25) is 0 Å². The molecular weight excluding hydrogens is 390 g/mol. The van der Waals surface area contributed by atoms with E-state index < -0.39 is 0 Å². The average Bonchev–Trinajstić information content (AvgIpc) is 3.49. The van der Waals surface area contributed by atoms with Crippen LogP contribution >= 0.6 is 11.6 Å². The van der Waals surface area contributed by atoms with Gasteiger partial charge in [-0.15, -0.1) is 0 Å². The van der Waals surface area contributed by atoms with Crippen LogP contribution < -0.4 is 0 Å². The molecule has 2 fully saturated rings. The maximum atomic E-state index is 13.0. The molecule has 2 amide bonds. The molecule has 1 aliphatic heterocycles. The predicted octanol–water partition coefficient (Wildman–Crippen LogP) is 4.24. The third-order valence-electron chi connectivity index (χ3n) is 5.88. The third kappa shape index (κ3) is 4.04. The van der Waals surface area contributed by atoms with Crippen molar-refractivity contribution in [1.29, 1.82) is 0 Å². The van der Waals surface area contributed by atoms with Crippen molar-refractivity contribution < 1.29 is 14.3 Å². The number of benzene rings is 1. The summed E-state index contributed by atoms with van der Waals surface area (Å²) >= 11 is 6.47. The number of piperazine rings is 1. The van der Waals surface area contributed by atoms with Gasteiger partial charge in [-0.1, -0.05) is 31.5 Å². The molecule has 0 spiro atoms. The Morgan fingerprint density at radius 1 is 1.14 bits per heavy atom. The number of carbonyl (C=O) groups excluding carboxylic acids is 2. The van der Waals surface area contributed by atoms with Gasteiger partial charge in [0.15, 0.2) is 0 Å². The van der Waals surface area contributed by atoms with Crippen molar-refractivity contribution in [3.63, 3.8) is 0 Å². The van der Waals surface area contributed by atoms with Gasteiger partial charge < -0.3 is 14.5 Å². The van der Waals surface area contributed by atoms with Gasteiger partial charge in [-0.2, -0.15) is 0 Å². The fraction of sp³-hybridized carbons (Fsp3) is 0.500. The minimum absolute atomic E-state index is 0.0468. The van der Waals surface area contributed by atoms with E-state index >= 15 is 0 Å². The van der Waals surface area contributed by atoms with Crippen LogP contribution in [0.4, 0.5) is 4.79 Å². The lowest BCUT2D eigenvalue weighted by molar-refractivity contribution is 0.0560. The van der Waals surface area contributed by atoms with Gasteiger partial charge >= 0.3 is 6.09 Å². The van der Waals surface area contributed by atoms with Gasteiger partial charge in [0.1, 0.15) is 0 Å². The fourth-order valence-electron chi connectivity index (χ4n) is 3.63. The van der Waals surface area contributed by atoms with Crippen LogP contribution in [0.5, 0.6) is 0 Å². The molecule has 1 saturated heterocycles. The average molecular weight is 416 g/mol. The predicted molar refractivity (Wildman–Crippen MR) is 112 cm³/mol. The van der Waals surface area contributed by atoms with E-state index in [1.165, 1.54) is 0 Å². The van der Waals surface area contributed by atoms with Crippen molar-refractivity contribution in [2.75, 3.05) is 32.8 Å². The number of pyridine rings is 1. The quantitative estimate of drug-likeness (QED) is 0.749. The van der Waals surface area contributed by atoms with E-state index in [1.807, 2.05) is 25.1 Å². The summed E-state index contributed by atoms with van der Waals surface area (Å²) in [7, 11) is 0. The zero-order valence-electron chi connectivity index (χ0n) is 16.9. The van der Waals surface area contributed by atoms with Crippen molar-refractivity contribution in [3.8, 4) is 0 Å². The van der Waals surface area contributed by atoms with Crippen LogP contribution in [-0.2, 0) is 10.2 Å². The van der Waals surface area contributed by atoms with Crippen LogP contribution in [0.15, 0.2) is 24.3 Å². The summed E-state index contributed by atoms with van der Waals surface area (Å²) in [6.07, 6.45) is 2.73. The summed E-state index contributed by atoms with van der Waals surface area (Å²) in [6.45, 7) is 6.52. The lowest BCUT2D eigenvalue weighted by Gasteiger charge is -2.34. The first-order chi connectivity index (χ1) is 13.9. The van der Waals surface area contributed by atoms with E-state index in [4.69, 9.17) is 21.3 Å². The minimum Gasteiger partial charge on any atom is -0.449 e. The van der Waals surface area contributed by atoms with Gasteiger partial charge in [-0.05, 0) is 37.5 Å². The van der Waals surface area contributed by atoms with Crippen molar-refractivity contribution in [2.45, 2.75) is 38.5 Å². The Kier molecular flexibility index (Phi) is 5.38. The second-order valence-electron chi connectivity index (χ2n) is 8.18. The van der Waals surface area contributed by atoms with Crippen molar-refractivity contribution in [3.05, 3.63) is 40.5 Å². The normalized spacial score (nSPS) is 18.0. The molecule has 0 unspecified atom stereocenters. The molecule has 0 N–H and O–H groups in total.